The summed E-state index contributed by atoms with van der Waals surface area (Å²) >= 11 is 1.51. The van der Waals surface area contributed by atoms with Crippen LogP contribution in [0.2, 0.25) is 0 Å². The number of aliphatic hydroxyl groups is 1. The van der Waals surface area contributed by atoms with Crippen LogP contribution in [0, 0.1) is 6.92 Å². The van der Waals surface area contributed by atoms with Gasteiger partial charge in [0, 0.05) is 26.5 Å². The van der Waals surface area contributed by atoms with Crippen molar-refractivity contribution in [1.29, 1.82) is 0 Å². The first-order valence-electron chi connectivity index (χ1n) is 11.1. The molecule has 0 saturated carbocycles. The standard InChI is InChI=1S/C28H27NO5S/c1-5-24(29-34-27(32)28(3,4)33)26(31)20-12-16-22(17-13-20)35-21-14-10-19(11-15-21)25(30)23-9-7-6-8-18(23)2/h6-17,33H,5H2,1-4H3. The molecule has 0 aliphatic rings. The average molecular weight is 490 g/mol. The summed E-state index contributed by atoms with van der Waals surface area (Å²) in [4.78, 5) is 43.8. The molecule has 1 N–H and O–H groups in total. The van der Waals surface area contributed by atoms with Gasteiger partial charge >= 0.3 is 5.97 Å². The molecule has 7 heteroatoms. The summed E-state index contributed by atoms with van der Waals surface area (Å²) in [5.41, 5.74) is 1.05. The summed E-state index contributed by atoms with van der Waals surface area (Å²) in [5, 5.41) is 13.3. The Morgan fingerprint density at radius 1 is 0.886 bits per heavy atom. The van der Waals surface area contributed by atoms with Crippen LogP contribution in [0.5, 0.6) is 0 Å². The van der Waals surface area contributed by atoms with Gasteiger partial charge in [-0.3, -0.25) is 9.59 Å². The molecule has 3 rings (SSSR count). The second kappa shape index (κ2) is 11.3. The summed E-state index contributed by atoms with van der Waals surface area (Å²) in [6.07, 6.45) is 0.266. The van der Waals surface area contributed by atoms with E-state index in [9.17, 15) is 19.5 Å². The van der Waals surface area contributed by atoms with Crippen LogP contribution in [0.15, 0.2) is 87.7 Å². The number of hydrogen-bond acceptors (Lipinski definition) is 7. The zero-order valence-corrected chi connectivity index (χ0v) is 20.9. The Balaban J connectivity index is 1.67. The first-order valence-corrected chi connectivity index (χ1v) is 12.0. The Morgan fingerprint density at radius 2 is 1.43 bits per heavy atom. The SMILES string of the molecule is CCC(=NOC(=O)C(C)(C)O)C(=O)c1ccc(Sc2ccc(C(=O)c3ccccc3C)cc2)cc1. The van der Waals surface area contributed by atoms with Crippen LogP contribution < -0.4 is 0 Å². The van der Waals surface area contributed by atoms with Gasteiger partial charge in [0.15, 0.2) is 11.4 Å². The Morgan fingerprint density at radius 3 is 1.94 bits per heavy atom. The molecule has 0 amide bonds. The number of ketones is 2. The molecule has 6 nitrogen and oxygen atoms in total. The molecule has 0 aliphatic heterocycles. The Hall–Kier alpha value is -3.55. The van der Waals surface area contributed by atoms with Crippen LogP contribution in [-0.4, -0.2) is 34.0 Å². The molecule has 0 unspecified atom stereocenters. The number of carbonyl (C=O) groups is 3. The third-order valence-corrected chi connectivity index (χ3v) is 6.21. The first-order chi connectivity index (χ1) is 16.6. The van der Waals surface area contributed by atoms with Crippen molar-refractivity contribution in [2.45, 2.75) is 49.5 Å². The maximum atomic E-state index is 12.8. The Labute approximate surface area is 209 Å². The van der Waals surface area contributed by atoms with Crippen molar-refractivity contribution in [3.8, 4) is 0 Å². The van der Waals surface area contributed by atoms with Crippen LogP contribution in [0.3, 0.4) is 0 Å². The number of hydrogen-bond donors (Lipinski definition) is 1. The molecule has 3 aromatic carbocycles. The molecular formula is C28H27NO5S. The highest BCUT2D eigenvalue weighted by atomic mass is 32.2. The molecule has 0 fully saturated rings. The molecule has 0 bridgehead atoms. The number of carbonyl (C=O) groups excluding carboxylic acids is 3. The topological polar surface area (TPSA) is 93.0 Å². The van der Waals surface area contributed by atoms with Gasteiger partial charge in [-0.2, -0.15) is 0 Å². The maximum Gasteiger partial charge on any atom is 0.365 e. The number of benzene rings is 3. The molecule has 0 heterocycles. The van der Waals surface area contributed by atoms with Crippen LogP contribution >= 0.6 is 11.8 Å². The predicted molar refractivity (Wildman–Crippen MR) is 136 cm³/mol. The van der Waals surface area contributed by atoms with E-state index in [0.29, 0.717) is 16.7 Å². The van der Waals surface area contributed by atoms with E-state index in [2.05, 4.69) is 5.16 Å². The van der Waals surface area contributed by atoms with Gasteiger partial charge in [0.2, 0.25) is 5.78 Å². The third-order valence-electron chi connectivity index (χ3n) is 5.19. The van der Waals surface area contributed by atoms with Crippen molar-refractivity contribution in [1.82, 2.24) is 0 Å². The van der Waals surface area contributed by atoms with Crippen molar-refractivity contribution in [2.75, 3.05) is 0 Å². The van der Waals surface area contributed by atoms with E-state index >= 15 is 0 Å². The van der Waals surface area contributed by atoms with Gasteiger partial charge in [0.1, 0.15) is 5.71 Å². The molecule has 0 aliphatic carbocycles. The van der Waals surface area contributed by atoms with Crippen LogP contribution in [0.4, 0.5) is 0 Å². The molecular weight excluding hydrogens is 462 g/mol. The van der Waals surface area contributed by atoms with E-state index < -0.39 is 11.6 Å². The summed E-state index contributed by atoms with van der Waals surface area (Å²) in [6.45, 7) is 6.21. The number of rotatable bonds is 9. The zero-order chi connectivity index (χ0) is 25.6. The monoisotopic (exact) mass is 489 g/mol. The quantitative estimate of drug-likeness (QED) is 0.181. The lowest BCUT2D eigenvalue weighted by molar-refractivity contribution is -0.161. The fraction of sp³-hybridized carbons (Fsp3) is 0.214. The fourth-order valence-corrected chi connectivity index (χ4v) is 3.93. The zero-order valence-electron chi connectivity index (χ0n) is 20.1. The lowest BCUT2D eigenvalue weighted by Crippen LogP contribution is -2.32. The second-order valence-electron chi connectivity index (χ2n) is 8.45. The molecule has 3 aromatic rings. The molecule has 180 valence electrons. The van der Waals surface area contributed by atoms with Gasteiger partial charge in [-0.1, -0.05) is 48.1 Å². The molecule has 0 aromatic heterocycles. The molecule has 0 saturated heterocycles. The van der Waals surface area contributed by atoms with E-state index in [1.807, 2.05) is 67.6 Å². The molecule has 35 heavy (non-hydrogen) atoms. The summed E-state index contributed by atoms with van der Waals surface area (Å²) in [7, 11) is 0. The molecule has 0 spiro atoms. The highest BCUT2D eigenvalue weighted by Crippen LogP contribution is 2.28. The number of Topliss-reactive ketones (excluding diaryl/α,β-unsaturated/α-hetero) is 1. The minimum Gasteiger partial charge on any atom is -0.379 e. The smallest absolute Gasteiger partial charge is 0.365 e. The lowest BCUT2D eigenvalue weighted by Gasteiger charge is -2.12. The lowest BCUT2D eigenvalue weighted by atomic mass is 9.99. The third kappa shape index (κ3) is 6.74. The van der Waals surface area contributed by atoms with E-state index in [-0.39, 0.29) is 23.7 Å². The van der Waals surface area contributed by atoms with Crippen LogP contribution in [-0.2, 0) is 9.63 Å². The van der Waals surface area contributed by atoms with Gasteiger partial charge in [0.25, 0.3) is 0 Å². The van der Waals surface area contributed by atoms with Crippen molar-refractivity contribution >= 4 is 35.0 Å². The number of aryl methyl sites for hydroxylation is 1. The number of nitrogens with zero attached hydrogens (tertiary/aromatic N) is 1. The summed E-state index contributed by atoms with van der Waals surface area (Å²) in [6, 6.07) is 21.9. The normalized spacial score (nSPS) is 11.7. The summed E-state index contributed by atoms with van der Waals surface area (Å²) in [5.74, 6) is -1.30. The largest absolute Gasteiger partial charge is 0.379 e. The summed E-state index contributed by atoms with van der Waals surface area (Å²) < 4.78 is 0. The van der Waals surface area contributed by atoms with Crippen molar-refractivity contribution in [3.63, 3.8) is 0 Å². The highest BCUT2D eigenvalue weighted by Gasteiger charge is 2.27. The second-order valence-corrected chi connectivity index (χ2v) is 9.60. The maximum absolute atomic E-state index is 12.8. The van der Waals surface area contributed by atoms with Crippen molar-refractivity contribution in [3.05, 3.63) is 95.1 Å². The predicted octanol–water partition coefficient (Wildman–Crippen LogP) is 5.64. The van der Waals surface area contributed by atoms with Gasteiger partial charge < -0.3 is 9.94 Å². The van der Waals surface area contributed by atoms with Crippen molar-refractivity contribution < 1.29 is 24.3 Å². The van der Waals surface area contributed by atoms with Crippen LogP contribution in [0.25, 0.3) is 0 Å². The minimum atomic E-state index is -1.70. The van der Waals surface area contributed by atoms with Crippen LogP contribution in [0.1, 0.15) is 59.0 Å². The van der Waals surface area contributed by atoms with E-state index in [4.69, 9.17) is 4.84 Å². The molecule has 0 atom stereocenters. The van der Waals surface area contributed by atoms with Gasteiger partial charge in [-0.05, 0) is 81.3 Å². The van der Waals surface area contributed by atoms with Crippen molar-refractivity contribution in [2.24, 2.45) is 5.16 Å². The Kier molecular flexibility index (Phi) is 8.38. The van der Waals surface area contributed by atoms with Gasteiger partial charge in [-0.15, -0.1) is 0 Å². The van der Waals surface area contributed by atoms with Gasteiger partial charge in [-0.25, -0.2) is 4.79 Å². The molecule has 0 radical (unpaired) electrons. The fourth-order valence-electron chi connectivity index (χ4n) is 3.11. The Bertz CT molecular complexity index is 1260. The van der Waals surface area contributed by atoms with Gasteiger partial charge in [0.05, 0.1) is 0 Å². The van der Waals surface area contributed by atoms with E-state index in [0.717, 1.165) is 15.4 Å². The average Bonchev–Trinajstić information content (AvgIpc) is 2.84. The first kappa shape index (κ1) is 26.1. The number of oxime groups is 1. The van der Waals surface area contributed by atoms with E-state index in [1.165, 1.54) is 25.6 Å². The minimum absolute atomic E-state index is 0.0101. The highest BCUT2D eigenvalue weighted by molar-refractivity contribution is 7.99. The van der Waals surface area contributed by atoms with E-state index in [1.54, 1.807) is 19.1 Å².